The molecule has 7 heteroatoms. The molecule has 0 aliphatic rings. The molecule has 1 aromatic carbocycles. The summed E-state index contributed by atoms with van der Waals surface area (Å²) >= 11 is 0. The van der Waals surface area contributed by atoms with E-state index in [0.29, 0.717) is 0 Å². The van der Waals surface area contributed by atoms with Gasteiger partial charge < -0.3 is 5.73 Å². The van der Waals surface area contributed by atoms with Gasteiger partial charge in [-0.15, -0.1) is 0 Å². The smallest absolute Gasteiger partial charge is 0.246 e. The molecule has 1 rings (SSSR count). The number of nitrogens with two attached hydrogens (primary N) is 1. The van der Waals surface area contributed by atoms with Crippen LogP contribution in [0.1, 0.15) is 25.8 Å². The van der Waals surface area contributed by atoms with Crippen molar-refractivity contribution in [3.63, 3.8) is 0 Å². The molecule has 5 nitrogen and oxygen atoms in total. The zero-order valence-corrected chi connectivity index (χ0v) is 13.2. The SMILES string of the molecule is Cc1cc(N)cc(S(=O)(=O)N(CCC#N)CC(C)C)c1F. The van der Waals surface area contributed by atoms with Gasteiger partial charge in [-0.3, -0.25) is 0 Å². The highest BCUT2D eigenvalue weighted by molar-refractivity contribution is 7.89. The largest absolute Gasteiger partial charge is 0.399 e. The van der Waals surface area contributed by atoms with Crippen LogP contribution in [0, 0.1) is 30.0 Å². The molecular formula is C14H20FN3O2S. The van der Waals surface area contributed by atoms with Gasteiger partial charge in [0.25, 0.3) is 0 Å². The van der Waals surface area contributed by atoms with E-state index in [0.717, 1.165) is 10.4 Å². The first-order valence-corrected chi connectivity index (χ1v) is 8.07. The molecule has 0 amide bonds. The van der Waals surface area contributed by atoms with Crippen molar-refractivity contribution >= 4 is 15.7 Å². The average Bonchev–Trinajstić information content (AvgIpc) is 2.38. The number of aryl methyl sites for hydroxylation is 1. The number of halogens is 1. The third-order valence-corrected chi connectivity index (χ3v) is 4.77. The van der Waals surface area contributed by atoms with Crippen LogP contribution in [0.25, 0.3) is 0 Å². The monoisotopic (exact) mass is 313 g/mol. The van der Waals surface area contributed by atoms with Gasteiger partial charge in [-0.25, -0.2) is 12.8 Å². The quantitative estimate of drug-likeness (QED) is 0.816. The fourth-order valence-electron chi connectivity index (χ4n) is 1.98. The Labute approximate surface area is 125 Å². The molecule has 0 aromatic heterocycles. The first-order chi connectivity index (χ1) is 9.70. The average molecular weight is 313 g/mol. The van der Waals surface area contributed by atoms with E-state index >= 15 is 0 Å². The van der Waals surface area contributed by atoms with Crippen molar-refractivity contribution in [2.24, 2.45) is 5.92 Å². The molecule has 2 N–H and O–H groups in total. The zero-order valence-electron chi connectivity index (χ0n) is 12.4. The molecular weight excluding hydrogens is 293 g/mol. The Bertz CT molecular complexity index is 651. The van der Waals surface area contributed by atoms with Crippen molar-refractivity contribution in [1.29, 1.82) is 5.26 Å². The number of sulfonamides is 1. The van der Waals surface area contributed by atoms with E-state index in [4.69, 9.17) is 11.0 Å². The molecule has 0 aliphatic carbocycles. The molecule has 0 saturated heterocycles. The first-order valence-electron chi connectivity index (χ1n) is 6.62. The fraction of sp³-hybridized carbons (Fsp3) is 0.500. The standard InChI is InChI=1S/C14H20FN3O2S/c1-10(2)9-18(6-4-5-16)21(19,20)13-8-12(17)7-11(3)14(13)15/h7-8,10H,4,6,9,17H2,1-3H3. The van der Waals surface area contributed by atoms with Crippen LogP contribution < -0.4 is 5.73 Å². The summed E-state index contributed by atoms with van der Waals surface area (Å²) in [6.45, 7) is 5.43. The summed E-state index contributed by atoms with van der Waals surface area (Å²) in [4.78, 5) is -0.432. The number of hydrogen-bond acceptors (Lipinski definition) is 4. The van der Waals surface area contributed by atoms with Gasteiger partial charge in [0.2, 0.25) is 10.0 Å². The van der Waals surface area contributed by atoms with E-state index in [1.54, 1.807) is 0 Å². The van der Waals surface area contributed by atoms with Gasteiger partial charge in [0.15, 0.2) is 0 Å². The minimum Gasteiger partial charge on any atom is -0.399 e. The van der Waals surface area contributed by atoms with Gasteiger partial charge in [-0.2, -0.15) is 9.57 Å². The highest BCUT2D eigenvalue weighted by Gasteiger charge is 2.28. The number of nitrogen functional groups attached to an aromatic ring is 1. The predicted octanol–water partition coefficient (Wildman–Crippen LogP) is 2.28. The molecule has 0 fully saturated rings. The summed E-state index contributed by atoms with van der Waals surface area (Å²) < 4.78 is 40.5. The lowest BCUT2D eigenvalue weighted by atomic mass is 10.2. The number of rotatable bonds is 6. The van der Waals surface area contributed by atoms with E-state index in [9.17, 15) is 12.8 Å². The summed E-state index contributed by atoms with van der Waals surface area (Å²) in [5, 5.41) is 8.66. The summed E-state index contributed by atoms with van der Waals surface area (Å²) in [6.07, 6.45) is 0.0505. The Hall–Kier alpha value is -1.65. The van der Waals surface area contributed by atoms with E-state index in [1.807, 2.05) is 19.9 Å². The van der Waals surface area contributed by atoms with Crippen LogP contribution in [-0.4, -0.2) is 25.8 Å². The highest BCUT2D eigenvalue weighted by Crippen LogP contribution is 2.25. The van der Waals surface area contributed by atoms with Gasteiger partial charge in [0.05, 0.1) is 6.07 Å². The zero-order chi connectivity index (χ0) is 16.2. The third kappa shape index (κ3) is 4.16. The summed E-state index contributed by atoms with van der Waals surface area (Å²) in [5.41, 5.74) is 6.00. The van der Waals surface area contributed by atoms with Crippen molar-refractivity contribution in [2.75, 3.05) is 18.8 Å². The fourth-order valence-corrected chi connectivity index (χ4v) is 3.76. The lowest BCUT2D eigenvalue weighted by molar-refractivity contribution is 0.370. The molecule has 0 radical (unpaired) electrons. The molecule has 0 atom stereocenters. The van der Waals surface area contributed by atoms with Gasteiger partial charge in [-0.1, -0.05) is 13.8 Å². The van der Waals surface area contributed by atoms with Crippen LogP contribution >= 0.6 is 0 Å². The molecule has 0 bridgehead atoms. The Kier molecular flexibility index (Phi) is 5.70. The Morgan fingerprint density at radius 2 is 2.05 bits per heavy atom. The molecule has 0 spiro atoms. The Morgan fingerprint density at radius 1 is 1.43 bits per heavy atom. The number of hydrogen-bond donors (Lipinski definition) is 1. The molecule has 0 unspecified atom stereocenters. The van der Waals surface area contributed by atoms with E-state index in [2.05, 4.69) is 0 Å². The number of anilines is 1. The van der Waals surface area contributed by atoms with Crippen molar-refractivity contribution in [1.82, 2.24) is 4.31 Å². The number of benzene rings is 1. The topological polar surface area (TPSA) is 87.2 Å². The normalized spacial score (nSPS) is 11.9. The Morgan fingerprint density at radius 3 is 2.57 bits per heavy atom. The predicted molar refractivity (Wildman–Crippen MR) is 79.4 cm³/mol. The minimum atomic E-state index is -4.02. The molecule has 21 heavy (non-hydrogen) atoms. The number of nitrogens with zero attached hydrogens (tertiary/aromatic N) is 2. The van der Waals surface area contributed by atoms with Crippen LogP contribution in [0.2, 0.25) is 0 Å². The second kappa shape index (κ2) is 6.87. The summed E-state index contributed by atoms with van der Waals surface area (Å²) in [6, 6.07) is 4.42. The maximum atomic E-state index is 14.2. The number of nitriles is 1. The summed E-state index contributed by atoms with van der Waals surface area (Å²) in [5.74, 6) is -0.737. The lowest BCUT2D eigenvalue weighted by Gasteiger charge is -2.23. The van der Waals surface area contributed by atoms with Crippen LogP contribution in [0.3, 0.4) is 0 Å². The van der Waals surface area contributed by atoms with Crippen molar-refractivity contribution in [3.8, 4) is 6.07 Å². The van der Waals surface area contributed by atoms with Crippen LogP contribution in [0.5, 0.6) is 0 Å². The Balaban J connectivity index is 3.32. The van der Waals surface area contributed by atoms with Crippen molar-refractivity contribution < 1.29 is 12.8 Å². The van der Waals surface area contributed by atoms with Crippen molar-refractivity contribution in [2.45, 2.75) is 32.1 Å². The molecule has 116 valence electrons. The maximum absolute atomic E-state index is 14.2. The van der Waals surface area contributed by atoms with Crippen molar-refractivity contribution in [3.05, 3.63) is 23.5 Å². The first kappa shape index (κ1) is 17.4. The second-order valence-electron chi connectivity index (χ2n) is 5.31. The second-order valence-corrected chi connectivity index (χ2v) is 7.22. The van der Waals surface area contributed by atoms with E-state index in [-0.39, 0.29) is 36.7 Å². The van der Waals surface area contributed by atoms with Crippen LogP contribution in [0.4, 0.5) is 10.1 Å². The van der Waals surface area contributed by atoms with E-state index < -0.39 is 20.7 Å². The summed E-state index contributed by atoms with van der Waals surface area (Å²) in [7, 11) is -4.02. The maximum Gasteiger partial charge on any atom is 0.246 e. The van der Waals surface area contributed by atoms with Gasteiger partial charge in [0, 0.05) is 25.2 Å². The lowest BCUT2D eigenvalue weighted by Crippen LogP contribution is -2.35. The molecule has 0 aliphatic heterocycles. The van der Waals surface area contributed by atoms with Crippen LogP contribution in [0.15, 0.2) is 17.0 Å². The highest BCUT2D eigenvalue weighted by atomic mass is 32.2. The van der Waals surface area contributed by atoms with Gasteiger partial charge in [0.1, 0.15) is 10.7 Å². The van der Waals surface area contributed by atoms with Crippen LogP contribution in [-0.2, 0) is 10.0 Å². The molecule has 1 aromatic rings. The minimum absolute atomic E-state index is 0.0320. The van der Waals surface area contributed by atoms with Gasteiger partial charge >= 0.3 is 0 Å². The molecule has 0 saturated carbocycles. The van der Waals surface area contributed by atoms with E-state index in [1.165, 1.54) is 13.0 Å². The third-order valence-electron chi connectivity index (χ3n) is 2.90. The molecule has 0 heterocycles. The van der Waals surface area contributed by atoms with Gasteiger partial charge in [-0.05, 0) is 30.5 Å².